The molecule has 1 amide bonds. The molecule has 0 saturated carbocycles. The first-order chi connectivity index (χ1) is 10.3. The third-order valence-corrected chi connectivity index (χ3v) is 3.59. The first-order valence-electron chi connectivity index (χ1n) is 7.87. The van der Waals surface area contributed by atoms with Crippen molar-refractivity contribution in [2.45, 2.75) is 58.6 Å². The van der Waals surface area contributed by atoms with Crippen molar-refractivity contribution in [3.8, 4) is 0 Å². The maximum absolute atomic E-state index is 11.8. The summed E-state index contributed by atoms with van der Waals surface area (Å²) in [5.74, 6) is 0.934. The smallest absolute Gasteiger partial charge is 0.407 e. The van der Waals surface area contributed by atoms with Gasteiger partial charge in [-0.1, -0.05) is 0 Å². The Morgan fingerprint density at radius 2 is 2.18 bits per heavy atom. The van der Waals surface area contributed by atoms with Crippen molar-refractivity contribution >= 4 is 11.9 Å². The fourth-order valence-electron chi connectivity index (χ4n) is 2.63. The molecule has 0 unspecified atom stereocenters. The zero-order valence-electron chi connectivity index (χ0n) is 13.9. The van der Waals surface area contributed by atoms with Gasteiger partial charge in [-0.25, -0.2) is 14.8 Å². The minimum atomic E-state index is -0.472. The van der Waals surface area contributed by atoms with Crippen molar-refractivity contribution in [1.82, 2.24) is 15.3 Å². The summed E-state index contributed by atoms with van der Waals surface area (Å²) in [7, 11) is 0. The largest absolute Gasteiger partial charge is 0.444 e. The van der Waals surface area contributed by atoms with Crippen LogP contribution < -0.4 is 10.2 Å². The molecule has 1 atom stereocenters. The highest BCUT2D eigenvalue weighted by atomic mass is 16.6. The normalized spacial score (nSPS) is 18.9. The van der Waals surface area contributed by atoms with Crippen molar-refractivity contribution < 1.29 is 9.53 Å². The van der Waals surface area contributed by atoms with Crippen molar-refractivity contribution in [3.05, 3.63) is 18.1 Å². The van der Waals surface area contributed by atoms with E-state index in [4.69, 9.17) is 4.74 Å². The zero-order valence-corrected chi connectivity index (χ0v) is 13.9. The number of hydrogen-bond donors (Lipinski definition) is 1. The number of aromatic nitrogens is 2. The molecule has 6 heteroatoms. The lowest BCUT2D eigenvalue weighted by atomic mass is 10.0. The first kappa shape index (κ1) is 16.5. The SMILES string of the molecule is Cc1cc(N2CCCC[C@H]2CNC(=O)OC(C)(C)C)ncn1. The lowest BCUT2D eigenvalue weighted by Gasteiger charge is -2.36. The number of piperidine rings is 1. The third kappa shape index (κ3) is 4.86. The van der Waals surface area contributed by atoms with Gasteiger partial charge in [-0.05, 0) is 47.0 Å². The Balaban J connectivity index is 1.97. The van der Waals surface area contributed by atoms with E-state index in [0.717, 1.165) is 30.9 Å². The molecule has 6 nitrogen and oxygen atoms in total. The second-order valence-electron chi connectivity index (χ2n) is 6.74. The number of amides is 1. The molecule has 1 aliphatic rings. The van der Waals surface area contributed by atoms with E-state index in [1.807, 2.05) is 33.8 Å². The highest BCUT2D eigenvalue weighted by Crippen LogP contribution is 2.22. The Labute approximate surface area is 132 Å². The maximum atomic E-state index is 11.8. The van der Waals surface area contributed by atoms with Gasteiger partial charge in [-0.3, -0.25) is 0 Å². The number of aryl methyl sites for hydroxylation is 1. The van der Waals surface area contributed by atoms with Gasteiger partial charge in [0.2, 0.25) is 0 Å². The summed E-state index contributed by atoms with van der Waals surface area (Å²) in [4.78, 5) is 22.6. The van der Waals surface area contributed by atoms with Gasteiger partial charge in [-0.15, -0.1) is 0 Å². The predicted octanol–water partition coefficient (Wildman–Crippen LogP) is 2.67. The number of alkyl carbamates (subject to hydrolysis) is 1. The zero-order chi connectivity index (χ0) is 16.2. The molecule has 22 heavy (non-hydrogen) atoms. The predicted molar refractivity (Wildman–Crippen MR) is 86.0 cm³/mol. The van der Waals surface area contributed by atoms with Crippen molar-refractivity contribution in [2.75, 3.05) is 18.0 Å². The van der Waals surface area contributed by atoms with Crippen molar-refractivity contribution in [1.29, 1.82) is 0 Å². The van der Waals surface area contributed by atoms with Gasteiger partial charge in [0.1, 0.15) is 17.7 Å². The van der Waals surface area contributed by atoms with Crippen LogP contribution in [0.15, 0.2) is 12.4 Å². The van der Waals surface area contributed by atoms with E-state index in [-0.39, 0.29) is 12.1 Å². The Kier molecular flexibility index (Phi) is 5.21. The molecule has 1 fully saturated rings. The van der Waals surface area contributed by atoms with Crippen LogP contribution in [-0.2, 0) is 4.74 Å². The molecule has 1 aromatic rings. The van der Waals surface area contributed by atoms with Gasteiger partial charge < -0.3 is 15.0 Å². The van der Waals surface area contributed by atoms with Crippen LogP contribution in [0.2, 0.25) is 0 Å². The Bertz CT molecular complexity index is 513. The molecule has 122 valence electrons. The summed E-state index contributed by atoms with van der Waals surface area (Å²) in [5.41, 5.74) is 0.481. The topological polar surface area (TPSA) is 67.4 Å². The van der Waals surface area contributed by atoms with Gasteiger partial charge in [0.05, 0.1) is 0 Å². The van der Waals surface area contributed by atoms with Crippen LogP contribution in [-0.4, -0.2) is 40.8 Å². The van der Waals surface area contributed by atoms with E-state index in [2.05, 4.69) is 20.2 Å². The number of anilines is 1. The third-order valence-electron chi connectivity index (χ3n) is 3.59. The standard InChI is InChI=1S/C16H26N4O2/c1-12-9-14(19-11-18-12)20-8-6-5-7-13(20)10-17-15(21)22-16(2,3)4/h9,11,13H,5-8,10H2,1-4H3,(H,17,21)/t13-/m0/s1. The van der Waals surface area contributed by atoms with Gasteiger partial charge in [0.15, 0.2) is 0 Å². The Morgan fingerprint density at radius 3 is 2.86 bits per heavy atom. The molecule has 0 radical (unpaired) electrons. The van der Waals surface area contributed by atoms with Crippen LogP contribution in [0.5, 0.6) is 0 Å². The van der Waals surface area contributed by atoms with E-state index in [0.29, 0.717) is 6.54 Å². The molecular formula is C16H26N4O2. The highest BCUT2D eigenvalue weighted by Gasteiger charge is 2.25. The summed E-state index contributed by atoms with van der Waals surface area (Å²) < 4.78 is 5.29. The van der Waals surface area contributed by atoms with E-state index < -0.39 is 5.60 Å². The molecule has 2 rings (SSSR count). The van der Waals surface area contributed by atoms with E-state index in [9.17, 15) is 4.79 Å². The van der Waals surface area contributed by atoms with Gasteiger partial charge >= 0.3 is 6.09 Å². The fourth-order valence-corrected chi connectivity index (χ4v) is 2.63. The quantitative estimate of drug-likeness (QED) is 0.930. The Morgan fingerprint density at radius 1 is 1.41 bits per heavy atom. The molecule has 1 aromatic heterocycles. The number of nitrogens with zero attached hydrogens (tertiary/aromatic N) is 3. The van der Waals surface area contributed by atoms with Crippen LogP contribution in [0.1, 0.15) is 45.7 Å². The minimum absolute atomic E-state index is 0.246. The minimum Gasteiger partial charge on any atom is -0.444 e. The lowest BCUT2D eigenvalue weighted by Crippen LogP contribution is -2.48. The fraction of sp³-hybridized carbons (Fsp3) is 0.688. The summed E-state index contributed by atoms with van der Waals surface area (Å²) in [6.45, 7) is 9.08. The van der Waals surface area contributed by atoms with E-state index >= 15 is 0 Å². The second kappa shape index (κ2) is 6.94. The number of rotatable bonds is 3. The number of carbonyl (C=O) groups excluding carboxylic acids is 1. The average molecular weight is 306 g/mol. The molecule has 0 aromatic carbocycles. The molecule has 1 saturated heterocycles. The highest BCUT2D eigenvalue weighted by molar-refractivity contribution is 5.67. The molecule has 0 bridgehead atoms. The molecule has 1 N–H and O–H groups in total. The van der Waals surface area contributed by atoms with Crippen LogP contribution >= 0.6 is 0 Å². The van der Waals surface area contributed by atoms with Crippen LogP contribution in [0.3, 0.4) is 0 Å². The summed E-state index contributed by atoms with van der Waals surface area (Å²) in [5, 5.41) is 2.88. The number of nitrogens with one attached hydrogen (secondary N) is 1. The van der Waals surface area contributed by atoms with Crippen LogP contribution in [0.25, 0.3) is 0 Å². The number of hydrogen-bond acceptors (Lipinski definition) is 5. The van der Waals surface area contributed by atoms with Gasteiger partial charge in [-0.2, -0.15) is 0 Å². The molecular weight excluding hydrogens is 280 g/mol. The van der Waals surface area contributed by atoms with Crippen LogP contribution in [0.4, 0.5) is 10.6 Å². The lowest BCUT2D eigenvalue weighted by molar-refractivity contribution is 0.0523. The van der Waals surface area contributed by atoms with Crippen LogP contribution in [0, 0.1) is 6.92 Å². The van der Waals surface area contributed by atoms with Crippen molar-refractivity contribution in [3.63, 3.8) is 0 Å². The summed E-state index contributed by atoms with van der Waals surface area (Å²) >= 11 is 0. The number of ether oxygens (including phenoxy) is 1. The molecule has 1 aliphatic heterocycles. The van der Waals surface area contributed by atoms with Crippen molar-refractivity contribution in [2.24, 2.45) is 0 Å². The van der Waals surface area contributed by atoms with E-state index in [1.54, 1.807) is 6.33 Å². The molecule has 2 heterocycles. The summed E-state index contributed by atoms with van der Waals surface area (Å²) in [6, 6.07) is 2.24. The van der Waals surface area contributed by atoms with Gasteiger partial charge in [0, 0.05) is 30.9 Å². The number of carbonyl (C=O) groups is 1. The summed E-state index contributed by atoms with van der Waals surface area (Å²) in [6.07, 6.45) is 4.58. The second-order valence-corrected chi connectivity index (χ2v) is 6.74. The average Bonchev–Trinajstić information content (AvgIpc) is 2.44. The molecule has 0 aliphatic carbocycles. The van der Waals surface area contributed by atoms with Gasteiger partial charge in [0.25, 0.3) is 0 Å². The molecule has 0 spiro atoms. The maximum Gasteiger partial charge on any atom is 0.407 e. The van der Waals surface area contributed by atoms with E-state index in [1.165, 1.54) is 6.42 Å². The monoisotopic (exact) mass is 306 g/mol. The Hall–Kier alpha value is -1.85. The first-order valence-corrected chi connectivity index (χ1v) is 7.87.